The smallest absolute Gasteiger partial charge is 0.341 e. The molecule has 1 aromatic heterocycles. The Bertz CT molecular complexity index is 555. The molecule has 0 unspecified atom stereocenters. The molecular weight excluding hydrogens is 343 g/mol. The number of pyridine rings is 1. The van der Waals surface area contributed by atoms with Crippen molar-refractivity contribution in [3.8, 4) is 0 Å². The fraction of sp³-hybridized carbons (Fsp3) is 0.0769. The van der Waals surface area contributed by atoms with Crippen molar-refractivity contribution >= 4 is 40.1 Å². The molecule has 0 radical (unpaired) electrons. The predicted molar refractivity (Wildman–Crippen MR) is 78.0 cm³/mol. The van der Waals surface area contributed by atoms with Gasteiger partial charge in [0.15, 0.2) is 0 Å². The molecule has 0 spiro atoms. The lowest BCUT2D eigenvalue weighted by Gasteiger charge is -2.09. The zero-order chi connectivity index (χ0) is 13.0. The van der Waals surface area contributed by atoms with Crippen molar-refractivity contribution in [3.05, 3.63) is 51.7 Å². The Labute approximate surface area is 119 Å². The summed E-state index contributed by atoms with van der Waals surface area (Å²) in [5.41, 5.74) is 1.29. The number of anilines is 2. The zero-order valence-electron chi connectivity index (χ0n) is 9.68. The quantitative estimate of drug-likeness (QED) is 0.679. The number of ether oxygens (including phenoxy) is 1. The van der Waals surface area contributed by atoms with Crippen LogP contribution in [0.4, 0.5) is 11.5 Å². The van der Waals surface area contributed by atoms with Gasteiger partial charge in [0, 0.05) is 15.5 Å². The highest BCUT2D eigenvalue weighted by atomic mass is 127. The van der Waals surface area contributed by atoms with Gasteiger partial charge in [0.05, 0.1) is 7.11 Å². The average molecular weight is 354 g/mol. The van der Waals surface area contributed by atoms with E-state index in [2.05, 4.69) is 32.9 Å². The number of carbonyl (C=O) groups is 1. The van der Waals surface area contributed by atoms with Crippen molar-refractivity contribution < 1.29 is 9.53 Å². The second kappa shape index (κ2) is 5.81. The van der Waals surface area contributed by atoms with Gasteiger partial charge in [0.1, 0.15) is 11.4 Å². The molecule has 1 heterocycles. The van der Waals surface area contributed by atoms with Crippen LogP contribution >= 0.6 is 22.6 Å². The van der Waals surface area contributed by atoms with Gasteiger partial charge in [-0.25, -0.2) is 9.78 Å². The molecule has 0 aliphatic rings. The van der Waals surface area contributed by atoms with E-state index in [0.29, 0.717) is 11.4 Å². The first kappa shape index (κ1) is 12.8. The van der Waals surface area contributed by atoms with E-state index in [4.69, 9.17) is 4.74 Å². The number of methoxy groups -OCH3 is 1. The molecule has 18 heavy (non-hydrogen) atoms. The lowest BCUT2D eigenvalue weighted by atomic mass is 10.2. The van der Waals surface area contributed by atoms with Gasteiger partial charge >= 0.3 is 5.97 Å². The molecule has 4 nitrogen and oxygen atoms in total. The van der Waals surface area contributed by atoms with Crippen LogP contribution in [-0.4, -0.2) is 18.1 Å². The van der Waals surface area contributed by atoms with E-state index in [1.165, 1.54) is 7.11 Å². The van der Waals surface area contributed by atoms with E-state index in [9.17, 15) is 4.79 Å². The van der Waals surface area contributed by atoms with E-state index in [1.807, 2.05) is 24.3 Å². The molecule has 0 bridgehead atoms. The van der Waals surface area contributed by atoms with Crippen LogP contribution in [0.15, 0.2) is 42.6 Å². The molecule has 0 aliphatic carbocycles. The van der Waals surface area contributed by atoms with E-state index in [1.54, 1.807) is 18.3 Å². The van der Waals surface area contributed by atoms with Gasteiger partial charge in [-0.3, -0.25) is 0 Å². The number of aromatic nitrogens is 1. The number of nitrogens with zero attached hydrogens (tertiary/aromatic N) is 1. The van der Waals surface area contributed by atoms with Crippen molar-refractivity contribution in [2.45, 2.75) is 0 Å². The van der Waals surface area contributed by atoms with Crippen LogP contribution in [0.3, 0.4) is 0 Å². The number of carbonyl (C=O) groups excluding carboxylic acids is 1. The van der Waals surface area contributed by atoms with Crippen LogP contribution in [0.2, 0.25) is 0 Å². The Morgan fingerprint density at radius 2 is 2.00 bits per heavy atom. The second-order valence-corrected chi connectivity index (χ2v) is 4.77. The SMILES string of the molecule is COC(=O)c1cccnc1Nc1ccc(I)cc1. The molecule has 0 saturated carbocycles. The van der Waals surface area contributed by atoms with Crippen LogP contribution in [0.5, 0.6) is 0 Å². The van der Waals surface area contributed by atoms with Gasteiger partial charge in [-0.2, -0.15) is 0 Å². The molecule has 2 rings (SSSR count). The summed E-state index contributed by atoms with van der Waals surface area (Å²) in [6.07, 6.45) is 1.63. The Kier molecular flexibility index (Phi) is 4.14. The Hall–Kier alpha value is -1.63. The van der Waals surface area contributed by atoms with Crippen molar-refractivity contribution in [3.63, 3.8) is 0 Å². The number of halogens is 1. The molecule has 0 atom stereocenters. The number of nitrogens with one attached hydrogen (secondary N) is 1. The predicted octanol–water partition coefficient (Wildman–Crippen LogP) is 3.22. The summed E-state index contributed by atoms with van der Waals surface area (Å²) in [5.74, 6) is 0.0849. The molecule has 1 N–H and O–H groups in total. The van der Waals surface area contributed by atoms with Crippen LogP contribution in [0.25, 0.3) is 0 Å². The average Bonchev–Trinajstić information content (AvgIpc) is 2.41. The molecule has 5 heteroatoms. The van der Waals surface area contributed by atoms with Gasteiger partial charge in [-0.15, -0.1) is 0 Å². The third kappa shape index (κ3) is 2.98. The summed E-state index contributed by atoms with van der Waals surface area (Å²) in [6, 6.07) is 11.2. The van der Waals surface area contributed by atoms with Gasteiger partial charge in [-0.1, -0.05) is 0 Å². The van der Waals surface area contributed by atoms with E-state index in [-0.39, 0.29) is 0 Å². The monoisotopic (exact) mass is 354 g/mol. The minimum Gasteiger partial charge on any atom is -0.465 e. The topological polar surface area (TPSA) is 51.2 Å². The number of hydrogen-bond acceptors (Lipinski definition) is 4. The number of rotatable bonds is 3. The van der Waals surface area contributed by atoms with E-state index >= 15 is 0 Å². The third-order valence-electron chi connectivity index (χ3n) is 2.32. The lowest BCUT2D eigenvalue weighted by Crippen LogP contribution is -2.06. The summed E-state index contributed by atoms with van der Waals surface area (Å²) in [5, 5.41) is 3.10. The largest absolute Gasteiger partial charge is 0.465 e. The number of esters is 1. The maximum Gasteiger partial charge on any atom is 0.341 e. The van der Waals surface area contributed by atoms with Crippen molar-refractivity contribution in [1.82, 2.24) is 4.98 Å². The first-order valence-corrected chi connectivity index (χ1v) is 6.34. The van der Waals surface area contributed by atoms with Crippen molar-refractivity contribution in [2.24, 2.45) is 0 Å². The molecule has 1 aromatic carbocycles. The van der Waals surface area contributed by atoms with E-state index < -0.39 is 5.97 Å². The molecule has 0 aliphatic heterocycles. The summed E-state index contributed by atoms with van der Waals surface area (Å²) >= 11 is 2.23. The van der Waals surface area contributed by atoms with Crippen LogP contribution in [0.1, 0.15) is 10.4 Å². The van der Waals surface area contributed by atoms with E-state index in [0.717, 1.165) is 9.26 Å². The number of benzene rings is 1. The van der Waals surface area contributed by atoms with Crippen molar-refractivity contribution in [2.75, 3.05) is 12.4 Å². The minimum absolute atomic E-state index is 0.406. The van der Waals surface area contributed by atoms with Gasteiger partial charge in [-0.05, 0) is 59.0 Å². The van der Waals surface area contributed by atoms with Gasteiger partial charge in [0.25, 0.3) is 0 Å². The summed E-state index contributed by atoms with van der Waals surface area (Å²) < 4.78 is 5.86. The summed E-state index contributed by atoms with van der Waals surface area (Å²) in [7, 11) is 1.35. The first-order chi connectivity index (χ1) is 8.70. The Balaban J connectivity index is 2.28. The molecule has 92 valence electrons. The Morgan fingerprint density at radius 1 is 1.28 bits per heavy atom. The zero-order valence-corrected chi connectivity index (χ0v) is 11.8. The molecule has 0 saturated heterocycles. The normalized spacial score (nSPS) is 9.89. The second-order valence-electron chi connectivity index (χ2n) is 3.52. The molecular formula is C13H11IN2O2. The van der Waals surface area contributed by atoms with Crippen LogP contribution < -0.4 is 5.32 Å². The molecule has 0 fully saturated rings. The van der Waals surface area contributed by atoms with Crippen LogP contribution in [0, 0.1) is 3.57 Å². The standard InChI is InChI=1S/C13H11IN2O2/c1-18-13(17)11-3-2-8-15-12(11)16-10-6-4-9(14)5-7-10/h2-8H,1H3,(H,15,16). The van der Waals surface area contributed by atoms with Gasteiger partial charge < -0.3 is 10.1 Å². The summed E-state index contributed by atoms with van der Waals surface area (Å²) in [4.78, 5) is 15.7. The molecule has 0 amide bonds. The van der Waals surface area contributed by atoms with Crippen LogP contribution in [-0.2, 0) is 4.74 Å². The first-order valence-electron chi connectivity index (χ1n) is 5.26. The fourth-order valence-electron chi connectivity index (χ4n) is 1.45. The third-order valence-corrected chi connectivity index (χ3v) is 3.04. The maximum atomic E-state index is 11.6. The highest BCUT2D eigenvalue weighted by Crippen LogP contribution is 2.19. The number of hydrogen-bond donors (Lipinski definition) is 1. The lowest BCUT2D eigenvalue weighted by molar-refractivity contribution is 0.0601. The molecule has 2 aromatic rings. The minimum atomic E-state index is -0.406. The Morgan fingerprint density at radius 3 is 2.67 bits per heavy atom. The fourth-order valence-corrected chi connectivity index (χ4v) is 1.81. The van der Waals surface area contributed by atoms with Crippen molar-refractivity contribution in [1.29, 1.82) is 0 Å². The highest BCUT2D eigenvalue weighted by Gasteiger charge is 2.12. The highest BCUT2D eigenvalue weighted by molar-refractivity contribution is 14.1. The van der Waals surface area contributed by atoms with Gasteiger partial charge in [0.2, 0.25) is 0 Å². The summed E-state index contributed by atoms with van der Waals surface area (Å²) in [6.45, 7) is 0. The maximum absolute atomic E-state index is 11.6.